The van der Waals surface area contributed by atoms with E-state index in [1.165, 1.54) is 27.7 Å². The van der Waals surface area contributed by atoms with Crippen LogP contribution in [0.3, 0.4) is 0 Å². The number of ether oxygens (including phenoxy) is 5. The van der Waals surface area contributed by atoms with Crippen LogP contribution in [0.5, 0.6) is 0 Å². The van der Waals surface area contributed by atoms with Gasteiger partial charge in [0.2, 0.25) is 0 Å². The third-order valence-electron chi connectivity index (χ3n) is 9.14. The first-order valence-corrected chi connectivity index (χ1v) is 14.5. The average Bonchev–Trinajstić information content (AvgIpc) is 3.10. The smallest absolute Gasteiger partial charge is 0.312 e. The van der Waals surface area contributed by atoms with Crippen LogP contribution in [-0.4, -0.2) is 71.1 Å². The molecule has 2 fully saturated rings. The van der Waals surface area contributed by atoms with Gasteiger partial charge in [-0.05, 0) is 39.2 Å². The first-order valence-electron chi connectivity index (χ1n) is 14.5. The summed E-state index contributed by atoms with van der Waals surface area (Å²) < 4.78 is 29.2. The lowest BCUT2D eigenvalue weighted by atomic mass is 9.54. The number of aliphatic hydroxyl groups is 1. The van der Waals surface area contributed by atoms with Crippen LogP contribution in [0.1, 0.15) is 81.1 Å². The van der Waals surface area contributed by atoms with Gasteiger partial charge in [0.25, 0.3) is 0 Å². The molecule has 1 saturated heterocycles. The lowest BCUT2D eigenvalue weighted by Crippen LogP contribution is -2.68. The number of rotatable bonds is 6. The van der Waals surface area contributed by atoms with E-state index in [4.69, 9.17) is 23.7 Å². The zero-order chi connectivity index (χ0) is 31.7. The van der Waals surface area contributed by atoms with E-state index in [0.29, 0.717) is 18.4 Å². The maximum atomic E-state index is 13.3. The van der Waals surface area contributed by atoms with Gasteiger partial charge >= 0.3 is 29.8 Å². The minimum absolute atomic E-state index is 0.0135. The summed E-state index contributed by atoms with van der Waals surface area (Å²) >= 11 is 0. The number of fused-ring (bicyclic) bond motifs is 2. The fourth-order valence-electron chi connectivity index (χ4n) is 6.69. The first-order chi connectivity index (χ1) is 19.5. The predicted molar refractivity (Wildman–Crippen MR) is 148 cm³/mol. The number of esters is 5. The van der Waals surface area contributed by atoms with Crippen molar-refractivity contribution >= 4 is 29.8 Å². The second-order valence-corrected chi connectivity index (χ2v) is 12.2. The maximum absolute atomic E-state index is 13.3. The van der Waals surface area contributed by atoms with Gasteiger partial charge in [0, 0.05) is 33.1 Å². The van der Waals surface area contributed by atoms with Crippen LogP contribution in [0.25, 0.3) is 0 Å². The lowest BCUT2D eigenvalue weighted by Gasteiger charge is -2.57. The molecule has 0 amide bonds. The Bertz CT molecular complexity index is 1160. The Morgan fingerprint density at radius 2 is 1.64 bits per heavy atom. The van der Waals surface area contributed by atoms with Gasteiger partial charge in [0.05, 0.1) is 17.3 Å². The zero-order valence-electron chi connectivity index (χ0n) is 25.8. The Kier molecular flexibility index (Phi) is 9.96. The van der Waals surface area contributed by atoms with Crippen LogP contribution in [-0.2, 0) is 47.7 Å². The van der Waals surface area contributed by atoms with E-state index in [0.717, 1.165) is 5.57 Å². The molecule has 0 spiro atoms. The van der Waals surface area contributed by atoms with Crippen molar-refractivity contribution in [1.82, 2.24) is 0 Å². The topological polar surface area (TPSA) is 152 Å². The highest BCUT2D eigenvalue weighted by molar-refractivity contribution is 5.78. The van der Waals surface area contributed by atoms with Gasteiger partial charge < -0.3 is 28.8 Å². The van der Waals surface area contributed by atoms with Gasteiger partial charge in [0.15, 0.2) is 11.7 Å². The quantitative estimate of drug-likeness (QED) is 0.275. The first kappa shape index (κ1) is 33.3. The SMILES string of the molecule is C=C1C[C@H](OC(C)=O)[C@H](OC(C)=O)[C@]2(C)C(OC(=O)[C@@H](C)CC)CC/C(C)=C\[C@@H]3OC(=O)[C@H](C)[C@]3(O)[C@@H](OC(C)=O)[C@@H]12. The molecular weight excluding hydrogens is 548 g/mol. The highest BCUT2D eigenvalue weighted by atomic mass is 16.6. The van der Waals surface area contributed by atoms with Gasteiger partial charge in [-0.2, -0.15) is 0 Å². The Balaban J connectivity index is 2.40. The summed E-state index contributed by atoms with van der Waals surface area (Å²) in [4.78, 5) is 63.6. The molecule has 1 aliphatic heterocycles. The number of carbonyl (C=O) groups excluding carboxylic acids is 5. The van der Waals surface area contributed by atoms with Crippen molar-refractivity contribution in [2.24, 2.45) is 23.2 Å². The highest BCUT2D eigenvalue weighted by Gasteiger charge is 2.69. The number of hydrogen-bond donors (Lipinski definition) is 1. The van der Waals surface area contributed by atoms with Crippen LogP contribution in [0, 0.1) is 23.2 Å². The number of carbonyl (C=O) groups is 5. The molecule has 1 heterocycles. The number of hydrogen-bond acceptors (Lipinski definition) is 11. The van der Waals surface area contributed by atoms with Crippen LogP contribution in [0.4, 0.5) is 0 Å². The normalized spacial score (nSPS) is 38.4. The van der Waals surface area contributed by atoms with Crippen LogP contribution in [0.15, 0.2) is 23.8 Å². The molecule has 0 aromatic rings. The molecule has 0 aromatic carbocycles. The monoisotopic (exact) mass is 592 g/mol. The van der Waals surface area contributed by atoms with Gasteiger partial charge in [-0.1, -0.05) is 38.5 Å². The van der Waals surface area contributed by atoms with Gasteiger partial charge in [-0.3, -0.25) is 24.0 Å². The summed E-state index contributed by atoms with van der Waals surface area (Å²) in [5.74, 6) is -5.85. The maximum Gasteiger partial charge on any atom is 0.312 e. The summed E-state index contributed by atoms with van der Waals surface area (Å²) in [6.07, 6.45) is -3.13. The molecule has 0 aromatic heterocycles. The van der Waals surface area contributed by atoms with Crippen molar-refractivity contribution in [3.8, 4) is 0 Å². The Morgan fingerprint density at radius 1 is 1.07 bits per heavy atom. The zero-order valence-corrected chi connectivity index (χ0v) is 25.8. The van der Waals surface area contributed by atoms with Gasteiger partial charge in [-0.25, -0.2) is 0 Å². The summed E-state index contributed by atoms with van der Waals surface area (Å²) in [6.45, 7) is 16.4. The van der Waals surface area contributed by atoms with E-state index in [2.05, 4.69) is 6.58 Å². The molecule has 3 rings (SSSR count). The third kappa shape index (κ3) is 6.11. The molecule has 2 aliphatic carbocycles. The fraction of sp³-hybridized carbons (Fsp3) is 0.710. The summed E-state index contributed by atoms with van der Waals surface area (Å²) in [7, 11) is 0. The minimum Gasteiger partial charge on any atom is -0.461 e. The third-order valence-corrected chi connectivity index (χ3v) is 9.14. The van der Waals surface area contributed by atoms with E-state index in [-0.39, 0.29) is 12.8 Å². The Morgan fingerprint density at radius 3 is 2.19 bits per heavy atom. The molecule has 11 nitrogen and oxygen atoms in total. The van der Waals surface area contributed by atoms with Gasteiger partial charge in [-0.15, -0.1) is 0 Å². The molecule has 42 heavy (non-hydrogen) atoms. The molecule has 0 bridgehead atoms. The summed E-state index contributed by atoms with van der Waals surface area (Å²) in [5, 5.41) is 12.4. The molecule has 10 atom stereocenters. The van der Waals surface area contributed by atoms with Crippen LogP contribution in [0.2, 0.25) is 0 Å². The van der Waals surface area contributed by atoms with Crippen molar-refractivity contribution < 1.29 is 52.8 Å². The molecular formula is C31H44O11. The Hall–Kier alpha value is -3.21. The van der Waals surface area contributed by atoms with Crippen molar-refractivity contribution in [3.05, 3.63) is 23.8 Å². The molecule has 1 saturated carbocycles. The Labute approximate surface area is 246 Å². The molecule has 1 unspecified atom stereocenters. The van der Waals surface area contributed by atoms with E-state index >= 15 is 0 Å². The highest BCUT2D eigenvalue weighted by Crippen LogP contribution is 2.56. The van der Waals surface area contributed by atoms with E-state index in [1.54, 1.807) is 26.8 Å². The van der Waals surface area contributed by atoms with Crippen molar-refractivity contribution in [2.75, 3.05) is 0 Å². The lowest BCUT2D eigenvalue weighted by molar-refractivity contribution is -0.236. The molecule has 234 valence electrons. The molecule has 3 aliphatic rings. The van der Waals surface area contributed by atoms with Crippen LogP contribution < -0.4 is 0 Å². The molecule has 11 heteroatoms. The van der Waals surface area contributed by atoms with Crippen molar-refractivity contribution in [2.45, 2.75) is 117 Å². The summed E-state index contributed by atoms with van der Waals surface area (Å²) in [6, 6.07) is 0. The standard InChI is InChI=1S/C31H44O11/c1-10-16(3)28(35)41-23-12-11-15(2)13-24-31(37,18(5)29(36)42-24)27(40-21(8)34)25-17(4)14-22(38-19(6)32)26(30(23,25)9)39-20(7)33/h13,16,18,22-27,37H,4,10-12,14H2,1-3,5-9H3/b15-13-/t16-,18-,22-,23?,24-,25+,26-,27-,30+,31+/m0/s1. The second-order valence-electron chi connectivity index (χ2n) is 12.2. The van der Waals surface area contributed by atoms with E-state index in [1.807, 2.05) is 6.92 Å². The van der Waals surface area contributed by atoms with Crippen molar-refractivity contribution in [1.29, 1.82) is 0 Å². The minimum atomic E-state index is -2.07. The van der Waals surface area contributed by atoms with E-state index < -0.39 is 89.1 Å². The molecule has 0 radical (unpaired) electrons. The summed E-state index contributed by atoms with van der Waals surface area (Å²) in [5.41, 5.74) is -2.42. The van der Waals surface area contributed by atoms with Crippen LogP contribution >= 0.6 is 0 Å². The fourth-order valence-corrected chi connectivity index (χ4v) is 6.69. The predicted octanol–water partition coefficient (Wildman–Crippen LogP) is 3.35. The second kappa shape index (κ2) is 12.6. The largest absolute Gasteiger partial charge is 0.461 e. The molecule has 1 N–H and O–H groups in total. The van der Waals surface area contributed by atoms with Gasteiger partial charge in [0.1, 0.15) is 24.4 Å². The number of allylic oxidation sites excluding steroid dienone is 1. The van der Waals surface area contributed by atoms with E-state index in [9.17, 15) is 29.1 Å². The van der Waals surface area contributed by atoms with Crippen molar-refractivity contribution in [3.63, 3.8) is 0 Å². The average molecular weight is 593 g/mol.